The van der Waals surface area contributed by atoms with Crippen molar-refractivity contribution in [3.8, 4) is 0 Å². The lowest BCUT2D eigenvalue weighted by Crippen LogP contribution is -2.52. The van der Waals surface area contributed by atoms with Gasteiger partial charge in [-0.05, 0) is 0 Å². The minimum atomic E-state index is -5.09. The third-order valence-corrected chi connectivity index (χ3v) is 8.00. The van der Waals surface area contributed by atoms with Crippen molar-refractivity contribution in [3.05, 3.63) is 25.3 Å². The Morgan fingerprint density at radius 3 is 1.61 bits per heavy atom. The van der Waals surface area contributed by atoms with E-state index in [2.05, 4.69) is 13.2 Å². The number of carboxylic acids is 2. The smallest absolute Gasteiger partial charge is 0.346 e. The SMILES string of the molecule is C=CC(N(C(CSSCC(N)C(=O)O)C(=O)O)C(C=C)P(=O)(O)O)P(=O)(O)O. The van der Waals surface area contributed by atoms with E-state index >= 15 is 0 Å². The minimum Gasteiger partial charge on any atom is -0.480 e. The number of hydrogen-bond acceptors (Lipinski definition) is 8. The van der Waals surface area contributed by atoms with Crippen molar-refractivity contribution in [3.63, 3.8) is 0 Å². The van der Waals surface area contributed by atoms with Crippen LogP contribution in [-0.4, -0.2) is 81.8 Å². The lowest BCUT2D eigenvalue weighted by atomic mass is 10.2. The van der Waals surface area contributed by atoms with E-state index in [-0.39, 0.29) is 5.75 Å². The fourth-order valence-electron chi connectivity index (χ4n) is 1.98. The number of hydrogen-bond donors (Lipinski definition) is 7. The lowest BCUT2D eigenvalue weighted by Gasteiger charge is -2.38. The Kier molecular flexibility index (Phi) is 11.2. The summed E-state index contributed by atoms with van der Waals surface area (Å²) < 4.78 is 23.6. The van der Waals surface area contributed by atoms with Crippen LogP contribution in [0, 0.1) is 0 Å². The summed E-state index contributed by atoms with van der Waals surface area (Å²) in [6.07, 6.45) is 1.39. The summed E-state index contributed by atoms with van der Waals surface area (Å²) >= 11 is 0. The van der Waals surface area contributed by atoms with Crippen LogP contribution in [0.4, 0.5) is 0 Å². The molecular formula is C12H22N2O10P2S2. The fraction of sp³-hybridized carbons (Fsp3) is 0.500. The molecule has 0 aliphatic carbocycles. The van der Waals surface area contributed by atoms with Gasteiger partial charge in [-0.3, -0.25) is 23.6 Å². The highest BCUT2D eigenvalue weighted by atomic mass is 33.1. The maximum Gasteiger partial charge on any atom is 0.346 e. The molecule has 0 aromatic rings. The van der Waals surface area contributed by atoms with Gasteiger partial charge in [0.15, 0.2) is 0 Å². The Bertz CT molecular complexity index is 647. The van der Waals surface area contributed by atoms with Crippen LogP contribution in [0.15, 0.2) is 25.3 Å². The number of aliphatic carboxylic acids is 2. The van der Waals surface area contributed by atoms with Gasteiger partial charge in [-0.1, -0.05) is 33.7 Å². The predicted octanol–water partition coefficient (Wildman–Crippen LogP) is -0.0855. The maximum atomic E-state index is 11.8. The molecule has 28 heavy (non-hydrogen) atoms. The van der Waals surface area contributed by atoms with Gasteiger partial charge in [-0.2, -0.15) is 0 Å². The zero-order chi connectivity index (χ0) is 22.3. The largest absolute Gasteiger partial charge is 0.480 e. The van der Waals surface area contributed by atoms with E-state index in [0.29, 0.717) is 17.1 Å². The highest BCUT2D eigenvalue weighted by Crippen LogP contribution is 2.52. The Balaban J connectivity index is 5.83. The Labute approximate surface area is 168 Å². The first-order chi connectivity index (χ1) is 12.7. The highest BCUT2D eigenvalue weighted by Gasteiger charge is 2.47. The first-order valence-electron chi connectivity index (χ1n) is 7.27. The average Bonchev–Trinajstić information content (AvgIpc) is 2.51. The number of nitrogens with zero attached hydrogens (tertiary/aromatic N) is 1. The van der Waals surface area contributed by atoms with Gasteiger partial charge in [0.1, 0.15) is 23.6 Å². The summed E-state index contributed by atoms with van der Waals surface area (Å²) in [5.74, 6) is -7.42. The molecule has 0 aliphatic heterocycles. The molecule has 0 rings (SSSR count). The van der Waals surface area contributed by atoms with Crippen LogP contribution in [0.5, 0.6) is 0 Å². The van der Waals surface area contributed by atoms with E-state index in [1.54, 1.807) is 0 Å². The number of rotatable bonds is 14. The van der Waals surface area contributed by atoms with E-state index in [1.165, 1.54) is 0 Å². The molecule has 0 aliphatic rings. The second-order valence-corrected chi connectivity index (χ2v) is 11.3. The van der Waals surface area contributed by atoms with Crippen molar-refractivity contribution in [2.45, 2.75) is 23.6 Å². The van der Waals surface area contributed by atoms with Crippen LogP contribution in [0.3, 0.4) is 0 Å². The Hall–Kier alpha value is -0.660. The highest BCUT2D eigenvalue weighted by molar-refractivity contribution is 8.76. The molecule has 0 aromatic heterocycles. The molecule has 0 aromatic carbocycles. The lowest BCUT2D eigenvalue weighted by molar-refractivity contribution is -0.142. The van der Waals surface area contributed by atoms with E-state index in [4.69, 9.17) is 10.8 Å². The molecule has 0 radical (unpaired) electrons. The summed E-state index contributed by atoms with van der Waals surface area (Å²) in [7, 11) is -8.48. The van der Waals surface area contributed by atoms with Gasteiger partial charge < -0.3 is 35.5 Å². The first kappa shape index (κ1) is 27.3. The van der Waals surface area contributed by atoms with Gasteiger partial charge in [-0.15, -0.1) is 13.2 Å². The van der Waals surface area contributed by atoms with Crippen molar-refractivity contribution < 1.29 is 48.5 Å². The van der Waals surface area contributed by atoms with E-state index in [0.717, 1.165) is 21.6 Å². The molecule has 0 spiro atoms. The van der Waals surface area contributed by atoms with Gasteiger partial charge in [-0.25, -0.2) is 0 Å². The molecule has 0 bridgehead atoms. The van der Waals surface area contributed by atoms with Crippen LogP contribution in [0.1, 0.15) is 0 Å². The molecule has 12 nitrogen and oxygen atoms in total. The van der Waals surface area contributed by atoms with Gasteiger partial charge in [0, 0.05) is 11.5 Å². The van der Waals surface area contributed by atoms with Crippen LogP contribution in [-0.2, 0) is 18.7 Å². The van der Waals surface area contributed by atoms with E-state index in [1.807, 2.05) is 0 Å². The third-order valence-electron chi connectivity index (χ3n) is 3.24. The Morgan fingerprint density at radius 1 is 0.929 bits per heavy atom. The van der Waals surface area contributed by atoms with Crippen LogP contribution >= 0.6 is 36.8 Å². The molecular weight excluding hydrogens is 458 g/mol. The van der Waals surface area contributed by atoms with Gasteiger partial charge >= 0.3 is 27.1 Å². The molecule has 0 fully saturated rings. The summed E-state index contributed by atoms with van der Waals surface area (Å²) in [4.78, 5) is 60.9. The molecule has 0 amide bonds. The number of carboxylic acid groups (broad SMARTS) is 2. The standard InChI is InChI=1S/C12H22N2O10P2S2/c1-3-9(25(19,20)21)14(10(4-2)26(22,23)24)8(12(17)18)6-28-27-5-7(13)11(15)16/h3-4,7-10H,1-2,5-6,13H2,(H,15,16)(H,17,18)(H2,19,20,21)(H2,22,23,24). The average molecular weight is 480 g/mol. The number of nitrogens with two attached hydrogens (primary N) is 1. The fourth-order valence-corrected chi connectivity index (χ4v) is 6.27. The molecule has 0 saturated heterocycles. The first-order valence-corrected chi connectivity index (χ1v) is 13.1. The molecule has 4 unspecified atom stereocenters. The number of carbonyl (C=O) groups is 2. The second kappa shape index (κ2) is 11.5. The molecule has 162 valence electrons. The normalized spacial score (nSPS) is 16.8. The summed E-state index contributed by atoms with van der Waals surface area (Å²) in [5, 5.41) is 18.2. The summed E-state index contributed by atoms with van der Waals surface area (Å²) in [5.41, 5.74) is 5.31. The molecule has 16 heteroatoms. The van der Waals surface area contributed by atoms with Crippen molar-refractivity contribution in [1.29, 1.82) is 0 Å². The molecule has 4 atom stereocenters. The quantitative estimate of drug-likeness (QED) is 0.0748. The maximum absolute atomic E-state index is 11.8. The van der Waals surface area contributed by atoms with E-state index in [9.17, 15) is 43.4 Å². The van der Waals surface area contributed by atoms with E-state index < -0.39 is 56.5 Å². The Morgan fingerprint density at radius 2 is 1.32 bits per heavy atom. The van der Waals surface area contributed by atoms with Crippen molar-refractivity contribution in [1.82, 2.24) is 4.90 Å². The van der Waals surface area contributed by atoms with Gasteiger partial charge in [0.2, 0.25) is 0 Å². The zero-order valence-electron chi connectivity index (χ0n) is 14.3. The summed E-state index contributed by atoms with van der Waals surface area (Å²) in [6, 6.07) is -2.99. The topological polar surface area (TPSA) is 219 Å². The van der Waals surface area contributed by atoms with Crippen LogP contribution in [0.2, 0.25) is 0 Å². The monoisotopic (exact) mass is 480 g/mol. The predicted molar refractivity (Wildman–Crippen MR) is 106 cm³/mol. The second-order valence-electron chi connectivity index (χ2n) is 5.29. The van der Waals surface area contributed by atoms with Crippen molar-refractivity contribution >= 4 is 48.7 Å². The molecule has 0 heterocycles. The summed E-state index contributed by atoms with van der Waals surface area (Å²) in [6.45, 7) is 6.44. The van der Waals surface area contributed by atoms with Crippen molar-refractivity contribution in [2.75, 3.05) is 11.5 Å². The third kappa shape index (κ3) is 8.37. The van der Waals surface area contributed by atoms with Gasteiger partial charge in [0.05, 0.1) is 0 Å². The van der Waals surface area contributed by atoms with Gasteiger partial charge in [0.25, 0.3) is 0 Å². The minimum absolute atomic E-state index is 0.0981. The van der Waals surface area contributed by atoms with Crippen LogP contribution in [0.25, 0.3) is 0 Å². The zero-order valence-corrected chi connectivity index (χ0v) is 17.8. The molecule has 0 saturated carbocycles. The van der Waals surface area contributed by atoms with Crippen molar-refractivity contribution in [2.24, 2.45) is 5.73 Å². The molecule has 8 N–H and O–H groups in total. The van der Waals surface area contributed by atoms with Crippen LogP contribution < -0.4 is 5.73 Å².